The molecule has 2 aromatic rings. The fraction of sp³-hybridized carbons (Fsp3) is 0.533. The van der Waals surface area contributed by atoms with Crippen molar-refractivity contribution in [3.8, 4) is 0 Å². The van der Waals surface area contributed by atoms with E-state index in [-0.39, 0.29) is 0 Å². The zero-order valence-corrected chi connectivity index (χ0v) is 15.7. The van der Waals surface area contributed by atoms with E-state index in [1.807, 2.05) is 6.92 Å². The highest BCUT2D eigenvalue weighted by atomic mass is 32.2. The average Bonchev–Trinajstić information content (AvgIpc) is 3.12. The van der Waals surface area contributed by atoms with Crippen LogP contribution in [0.5, 0.6) is 0 Å². The van der Waals surface area contributed by atoms with Crippen molar-refractivity contribution in [3.63, 3.8) is 0 Å². The summed E-state index contributed by atoms with van der Waals surface area (Å²) >= 11 is 2.65. The van der Waals surface area contributed by atoms with Crippen LogP contribution in [0.1, 0.15) is 30.3 Å². The van der Waals surface area contributed by atoms with Gasteiger partial charge in [-0.05, 0) is 50.2 Å². The SMILES string of the molecule is Cc1nc(NS(=O)(=O)c2cccs2)sc1CN1CCC(C)CC1. The number of likely N-dealkylation sites (tertiary alicyclic amines) is 1. The molecule has 23 heavy (non-hydrogen) atoms. The minimum atomic E-state index is -3.51. The Labute approximate surface area is 145 Å². The number of anilines is 1. The Kier molecular flexibility index (Phi) is 5.05. The number of hydrogen-bond acceptors (Lipinski definition) is 6. The fourth-order valence-corrected chi connectivity index (χ4v) is 5.86. The maximum absolute atomic E-state index is 12.3. The summed E-state index contributed by atoms with van der Waals surface area (Å²) < 4.78 is 27.4. The number of piperidine rings is 1. The molecule has 0 bridgehead atoms. The Morgan fingerprint density at radius 2 is 2.13 bits per heavy atom. The lowest BCUT2D eigenvalue weighted by Crippen LogP contribution is -2.32. The summed E-state index contributed by atoms with van der Waals surface area (Å²) in [5.41, 5.74) is 0.914. The van der Waals surface area contributed by atoms with Gasteiger partial charge in [0.1, 0.15) is 4.21 Å². The summed E-state index contributed by atoms with van der Waals surface area (Å²) in [6.45, 7) is 7.31. The van der Waals surface area contributed by atoms with Crippen molar-refractivity contribution >= 4 is 37.8 Å². The molecule has 126 valence electrons. The van der Waals surface area contributed by atoms with Crippen molar-refractivity contribution in [1.29, 1.82) is 0 Å². The Bertz CT molecular complexity index is 745. The van der Waals surface area contributed by atoms with E-state index in [9.17, 15) is 8.42 Å². The van der Waals surface area contributed by atoms with E-state index in [1.54, 1.807) is 17.5 Å². The zero-order valence-electron chi connectivity index (χ0n) is 13.3. The van der Waals surface area contributed by atoms with E-state index in [2.05, 4.69) is 21.5 Å². The largest absolute Gasteiger partial charge is 0.298 e. The van der Waals surface area contributed by atoms with Crippen LogP contribution >= 0.6 is 22.7 Å². The molecule has 1 saturated heterocycles. The number of thiazole rings is 1. The molecule has 1 N–H and O–H groups in total. The maximum Gasteiger partial charge on any atom is 0.273 e. The second-order valence-electron chi connectivity index (χ2n) is 6.02. The molecule has 8 heteroatoms. The van der Waals surface area contributed by atoms with Gasteiger partial charge < -0.3 is 0 Å². The molecule has 0 saturated carbocycles. The first-order valence-corrected chi connectivity index (χ1v) is 10.9. The normalized spacial score (nSPS) is 17.5. The zero-order chi connectivity index (χ0) is 16.4. The van der Waals surface area contributed by atoms with Crippen LogP contribution in [0, 0.1) is 12.8 Å². The summed E-state index contributed by atoms with van der Waals surface area (Å²) in [6.07, 6.45) is 2.46. The molecule has 0 spiro atoms. The van der Waals surface area contributed by atoms with Crippen LogP contribution in [0.15, 0.2) is 21.7 Å². The highest BCUT2D eigenvalue weighted by molar-refractivity contribution is 7.94. The third kappa shape index (κ3) is 4.12. The van der Waals surface area contributed by atoms with Gasteiger partial charge in [-0.1, -0.05) is 24.3 Å². The molecule has 3 rings (SSSR count). The molecule has 1 aliphatic rings. The van der Waals surface area contributed by atoms with Crippen molar-refractivity contribution in [2.75, 3.05) is 17.8 Å². The summed E-state index contributed by atoms with van der Waals surface area (Å²) in [5, 5.41) is 2.21. The molecular formula is C15H21N3O2S3. The monoisotopic (exact) mass is 371 g/mol. The molecule has 0 amide bonds. The van der Waals surface area contributed by atoms with E-state index in [4.69, 9.17) is 0 Å². The van der Waals surface area contributed by atoms with Crippen LogP contribution in [0.25, 0.3) is 0 Å². The molecule has 5 nitrogen and oxygen atoms in total. The highest BCUT2D eigenvalue weighted by Gasteiger charge is 2.21. The summed E-state index contributed by atoms with van der Waals surface area (Å²) in [5.74, 6) is 0.807. The van der Waals surface area contributed by atoms with Gasteiger partial charge in [-0.25, -0.2) is 13.4 Å². The number of rotatable bonds is 5. The van der Waals surface area contributed by atoms with Gasteiger partial charge in [0.15, 0.2) is 5.13 Å². The van der Waals surface area contributed by atoms with Crippen molar-refractivity contribution < 1.29 is 8.42 Å². The maximum atomic E-state index is 12.3. The van der Waals surface area contributed by atoms with Crippen molar-refractivity contribution in [3.05, 3.63) is 28.1 Å². The van der Waals surface area contributed by atoms with Gasteiger partial charge in [0.25, 0.3) is 10.0 Å². The smallest absolute Gasteiger partial charge is 0.273 e. The number of aryl methyl sites for hydroxylation is 1. The average molecular weight is 372 g/mol. The lowest BCUT2D eigenvalue weighted by atomic mass is 9.99. The number of hydrogen-bond donors (Lipinski definition) is 1. The Hall–Kier alpha value is -0.960. The van der Waals surface area contributed by atoms with Gasteiger partial charge in [0, 0.05) is 11.4 Å². The third-order valence-corrected chi connectivity index (χ3v) is 8.04. The van der Waals surface area contributed by atoms with Crippen LogP contribution in [0.2, 0.25) is 0 Å². The minimum Gasteiger partial charge on any atom is -0.298 e. The third-order valence-electron chi connectivity index (χ3n) is 4.12. The Morgan fingerprint density at radius 3 is 2.78 bits per heavy atom. The highest BCUT2D eigenvalue weighted by Crippen LogP contribution is 2.28. The number of thiophene rings is 1. The molecule has 1 aliphatic heterocycles. The van der Waals surface area contributed by atoms with E-state index >= 15 is 0 Å². The number of sulfonamides is 1. The van der Waals surface area contributed by atoms with Gasteiger partial charge in [-0.3, -0.25) is 9.62 Å². The van der Waals surface area contributed by atoms with Gasteiger partial charge >= 0.3 is 0 Å². The van der Waals surface area contributed by atoms with Crippen molar-refractivity contribution in [2.45, 2.75) is 37.4 Å². The number of nitrogens with zero attached hydrogens (tertiary/aromatic N) is 2. The summed E-state index contributed by atoms with van der Waals surface area (Å²) in [7, 11) is -3.51. The second-order valence-corrected chi connectivity index (χ2v) is 9.96. The molecule has 3 heterocycles. The lowest BCUT2D eigenvalue weighted by Gasteiger charge is -2.29. The molecule has 0 atom stereocenters. The van der Waals surface area contributed by atoms with Gasteiger partial charge in [-0.15, -0.1) is 11.3 Å². The predicted molar refractivity (Wildman–Crippen MR) is 95.7 cm³/mol. The lowest BCUT2D eigenvalue weighted by molar-refractivity contribution is 0.186. The summed E-state index contributed by atoms with van der Waals surface area (Å²) in [4.78, 5) is 7.96. The molecule has 1 fully saturated rings. The molecule has 0 aliphatic carbocycles. The van der Waals surface area contributed by atoms with E-state index in [0.717, 1.165) is 36.1 Å². The topological polar surface area (TPSA) is 62.3 Å². The van der Waals surface area contributed by atoms with Crippen molar-refractivity contribution in [1.82, 2.24) is 9.88 Å². The predicted octanol–water partition coefficient (Wildman–Crippen LogP) is 3.55. The van der Waals surface area contributed by atoms with Crippen LogP contribution in [-0.2, 0) is 16.6 Å². The minimum absolute atomic E-state index is 0.317. The van der Waals surface area contributed by atoms with Crippen LogP contribution in [0.3, 0.4) is 0 Å². The fourth-order valence-electron chi connectivity index (χ4n) is 2.62. The second kappa shape index (κ2) is 6.88. The van der Waals surface area contributed by atoms with Crippen LogP contribution in [-0.4, -0.2) is 31.4 Å². The Morgan fingerprint density at radius 1 is 1.39 bits per heavy atom. The van der Waals surface area contributed by atoms with Crippen LogP contribution < -0.4 is 4.72 Å². The first-order valence-electron chi connectivity index (χ1n) is 7.69. The van der Waals surface area contributed by atoms with Crippen LogP contribution in [0.4, 0.5) is 5.13 Å². The number of nitrogens with one attached hydrogen (secondary N) is 1. The quantitative estimate of drug-likeness (QED) is 0.873. The summed E-state index contributed by atoms with van der Waals surface area (Å²) in [6, 6.07) is 3.33. The first-order chi connectivity index (χ1) is 10.9. The van der Waals surface area contributed by atoms with Crippen molar-refractivity contribution in [2.24, 2.45) is 5.92 Å². The molecule has 0 aromatic carbocycles. The Balaban J connectivity index is 1.69. The standard InChI is InChI=1S/C15H21N3O2S3/c1-11-5-7-18(8-6-11)10-13-12(2)16-15(22-13)17-23(19,20)14-4-3-9-21-14/h3-4,9,11H,5-8,10H2,1-2H3,(H,16,17). The van der Waals surface area contributed by atoms with Gasteiger partial charge in [0.2, 0.25) is 0 Å². The molecular weight excluding hydrogens is 350 g/mol. The molecule has 2 aromatic heterocycles. The van der Waals surface area contributed by atoms with Gasteiger partial charge in [0.05, 0.1) is 5.69 Å². The van der Waals surface area contributed by atoms with E-state index < -0.39 is 10.0 Å². The first kappa shape index (κ1) is 16.9. The van der Waals surface area contributed by atoms with E-state index in [1.165, 1.54) is 35.5 Å². The molecule has 0 radical (unpaired) electrons. The number of aromatic nitrogens is 1. The van der Waals surface area contributed by atoms with E-state index in [0.29, 0.717) is 9.34 Å². The molecule has 0 unspecified atom stereocenters. The van der Waals surface area contributed by atoms with Gasteiger partial charge in [-0.2, -0.15) is 0 Å².